The fourth-order valence-corrected chi connectivity index (χ4v) is 4.47. The Morgan fingerprint density at radius 2 is 2.00 bits per heavy atom. The lowest BCUT2D eigenvalue weighted by Gasteiger charge is -2.37. The number of hydrogen-bond donors (Lipinski definition) is 1. The van der Waals surface area contributed by atoms with Crippen molar-refractivity contribution < 1.29 is 0 Å². The molecule has 17 heavy (non-hydrogen) atoms. The third-order valence-corrected chi connectivity index (χ3v) is 5.70. The van der Waals surface area contributed by atoms with Gasteiger partial charge in [0.05, 0.1) is 0 Å². The molecule has 0 radical (unpaired) electrons. The molecule has 0 heterocycles. The molecule has 2 aliphatic carbocycles. The minimum Gasteiger partial charge on any atom is -0.330 e. The van der Waals surface area contributed by atoms with Gasteiger partial charge >= 0.3 is 0 Å². The van der Waals surface area contributed by atoms with Crippen LogP contribution in [0.3, 0.4) is 0 Å². The van der Waals surface area contributed by atoms with Gasteiger partial charge in [0.1, 0.15) is 0 Å². The molecule has 0 spiro atoms. The molecule has 3 atom stereocenters. The number of fused-ring (bicyclic) bond motifs is 2. The van der Waals surface area contributed by atoms with Crippen molar-refractivity contribution in [2.45, 2.75) is 32.1 Å². The van der Waals surface area contributed by atoms with E-state index >= 15 is 0 Å². The van der Waals surface area contributed by atoms with Crippen molar-refractivity contribution in [2.75, 3.05) is 6.54 Å². The molecule has 0 amide bonds. The molecule has 2 N–H and O–H groups in total. The van der Waals surface area contributed by atoms with Crippen molar-refractivity contribution in [2.24, 2.45) is 23.0 Å². The lowest BCUT2D eigenvalue weighted by Crippen LogP contribution is -2.37. The summed E-state index contributed by atoms with van der Waals surface area (Å²) in [4.78, 5) is 0. The molecular weight excluding hydrogens is 321 g/mol. The molecule has 1 aromatic rings. The second-order valence-electron chi connectivity index (χ2n) is 5.95. The molecule has 2 aliphatic rings. The average Bonchev–Trinajstić information content (AvgIpc) is 2.93. The number of nitrogens with two attached hydrogens (primary N) is 1. The summed E-state index contributed by atoms with van der Waals surface area (Å²) in [6.07, 6.45) is 6.90. The van der Waals surface area contributed by atoms with Crippen LogP contribution in [0.25, 0.3) is 0 Å². The Morgan fingerprint density at radius 1 is 1.24 bits per heavy atom. The summed E-state index contributed by atoms with van der Waals surface area (Å²) >= 11 is 2.37. The molecule has 3 rings (SSSR count). The highest BCUT2D eigenvalue weighted by Gasteiger charge is 2.49. The highest BCUT2D eigenvalue weighted by molar-refractivity contribution is 14.1. The summed E-state index contributed by atoms with van der Waals surface area (Å²) in [5, 5.41) is 0. The normalized spacial score (nSPS) is 35.4. The van der Waals surface area contributed by atoms with Crippen molar-refractivity contribution in [1.82, 2.24) is 0 Å². The monoisotopic (exact) mass is 341 g/mol. The molecule has 2 fully saturated rings. The standard InChI is InChI=1S/C15H20IN/c16-14-5-2-11(3-6-14)8-15(10-17)9-12-1-4-13(15)7-12/h2-3,5-6,12-13H,1,4,7-10,17H2. The van der Waals surface area contributed by atoms with E-state index in [4.69, 9.17) is 5.73 Å². The van der Waals surface area contributed by atoms with Gasteiger partial charge in [-0.2, -0.15) is 0 Å². The van der Waals surface area contributed by atoms with Crippen LogP contribution in [0.5, 0.6) is 0 Å². The van der Waals surface area contributed by atoms with Crippen molar-refractivity contribution in [3.05, 3.63) is 33.4 Å². The summed E-state index contributed by atoms with van der Waals surface area (Å²) in [5.41, 5.74) is 8.03. The Kier molecular flexibility index (Phi) is 3.20. The van der Waals surface area contributed by atoms with Gasteiger partial charge in [0, 0.05) is 3.57 Å². The van der Waals surface area contributed by atoms with Crippen LogP contribution in [0, 0.1) is 20.8 Å². The predicted molar refractivity (Wildman–Crippen MR) is 79.8 cm³/mol. The number of benzene rings is 1. The van der Waals surface area contributed by atoms with Crippen molar-refractivity contribution in [3.63, 3.8) is 0 Å². The third-order valence-electron chi connectivity index (χ3n) is 4.98. The number of rotatable bonds is 3. The largest absolute Gasteiger partial charge is 0.330 e. The molecule has 92 valence electrons. The Bertz CT molecular complexity index is 400. The first-order valence-electron chi connectivity index (χ1n) is 6.66. The minimum atomic E-state index is 0.426. The molecule has 2 saturated carbocycles. The van der Waals surface area contributed by atoms with Crippen LogP contribution in [0.1, 0.15) is 31.2 Å². The van der Waals surface area contributed by atoms with Crippen LogP contribution in [-0.4, -0.2) is 6.54 Å². The van der Waals surface area contributed by atoms with E-state index < -0.39 is 0 Å². The molecule has 0 aliphatic heterocycles. The quantitative estimate of drug-likeness (QED) is 0.836. The molecule has 0 saturated heterocycles. The predicted octanol–water partition coefficient (Wildman–Crippen LogP) is 3.60. The van der Waals surface area contributed by atoms with Crippen LogP contribution >= 0.6 is 22.6 Å². The zero-order chi connectivity index (χ0) is 11.9. The van der Waals surface area contributed by atoms with E-state index in [9.17, 15) is 0 Å². The average molecular weight is 341 g/mol. The summed E-state index contributed by atoms with van der Waals surface area (Å²) in [7, 11) is 0. The van der Waals surface area contributed by atoms with Crippen molar-refractivity contribution >= 4 is 22.6 Å². The van der Waals surface area contributed by atoms with E-state index in [1.54, 1.807) is 0 Å². The van der Waals surface area contributed by atoms with E-state index in [0.29, 0.717) is 5.41 Å². The van der Waals surface area contributed by atoms with Crippen LogP contribution in [0.4, 0.5) is 0 Å². The van der Waals surface area contributed by atoms with E-state index in [0.717, 1.165) is 18.4 Å². The van der Waals surface area contributed by atoms with Crippen LogP contribution in [0.2, 0.25) is 0 Å². The van der Waals surface area contributed by atoms with Crippen LogP contribution < -0.4 is 5.73 Å². The first kappa shape index (κ1) is 12.0. The van der Waals surface area contributed by atoms with Gasteiger partial charge in [0.25, 0.3) is 0 Å². The lowest BCUT2D eigenvalue weighted by atomic mass is 9.69. The zero-order valence-electron chi connectivity index (χ0n) is 10.2. The summed E-state index contributed by atoms with van der Waals surface area (Å²) < 4.78 is 1.32. The maximum atomic E-state index is 6.13. The Balaban J connectivity index is 1.80. The maximum absolute atomic E-state index is 6.13. The summed E-state index contributed by atoms with van der Waals surface area (Å²) in [5.74, 6) is 1.88. The van der Waals surface area contributed by atoms with E-state index in [1.165, 1.54) is 41.2 Å². The second kappa shape index (κ2) is 4.54. The molecule has 2 bridgehead atoms. The SMILES string of the molecule is NCC1(Cc2ccc(I)cc2)CC2CCC1C2. The van der Waals surface area contributed by atoms with Crippen molar-refractivity contribution in [3.8, 4) is 0 Å². The Hall–Kier alpha value is -0.0900. The lowest BCUT2D eigenvalue weighted by molar-refractivity contribution is 0.171. The zero-order valence-corrected chi connectivity index (χ0v) is 12.3. The smallest absolute Gasteiger partial charge is 0.0130 e. The van der Waals surface area contributed by atoms with Crippen LogP contribution in [0.15, 0.2) is 24.3 Å². The Labute approximate surface area is 117 Å². The number of hydrogen-bond acceptors (Lipinski definition) is 1. The highest BCUT2D eigenvalue weighted by atomic mass is 127. The van der Waals surface area contributed by atoms with E-state index in [1.807, 2.05) is 0 Å². The van der Waals surface area contributed by atoms with Crippen molar-refractivity contribution in [1.29, 1.82) is 0 Å². The van der Waals surface area contributed by atoms with Gasteiger partial charge in [-0.3, -0.25) is 0 Å². The van der Waals surface area contributed by atoms with Gasteiger partial charge in [-0.1, -0.05) is 18.6 Å². The fraction of sp³-hybridized carbons (Fsp3) is 0.600. The van der Waals surface area contributed by atoms with Gasteiger partial charge in [-0.05, 0) is 89.8 Å². The highest BCUT2D eigenvalue weighted by Crippen LogP contribution is 2.56. The van der Waals surface area contributed by atoms with Crippen LogP contribution in [-0.2, 0) is 6.42 Å². The Morgan fingerprint density at radius 3 is 2.53 bits per heavy atom. The maximum Gasteiger partial charge on any atom is 0.0130 e. The molecule has 0 aromatic heterocycles. The molecule has 3 unspecified atom stereocenters. The van der Waals surface area contributed by atoms with Gasteiger partial charge in [0.2, 0.25) is 0 Å². The minimum absolute atomic E-state index is 0.426. The molecule has 1 nitrogen and oxygen atoms in total. The molecule has 1 aromatic carbocycles. The summed E-state index contributed by atoms with van der Waals surface area (Å²) in [6, 6.07) is 9.00. The first-order valence-corrected chi connectivity index (χ1v) is 7.74. The summed E-state index contributed by atoms with van der Waals surface area (Å²) in [6.45, 7) is 0.875. The molecule has 2 heteroatoms. The third kappa shape index (κ3) is 2.14. The fourth-order valence-electron chi connectivity index (χ4n) is 4.11. The van der Waals surface area contributed by atoms with Gasteiger partial charge < -0.3 is 5.73 Å². The topological polar surface area (TPSA) is 26.0 Å². The second-order valence-corrected chi connectivity index (χ2v) is 7.20. The van der Waals surface area contributed by atoms with Gasteiger partial charge in [-0.25, -0.2) is 0 Å². The van der Waals surface area contributed by atoms with Gasteiger partial charge in [0.15, 0.2) is 0 Å². The first-order chi connectivity index (χ1) is 8.22. The van der Waals surface area contributed by atoms with E-state index in [-0.39, 0.29) is 0 Å². The number of halogens is 1. The molecular formula is C15H20IN. The van der Waals surface area contributed by atoms with Gasteiger partial charge in [-0.15, -0.1) is 0 Å². The van der Waals surface area contributed by atoms with E-state index in [2.05, 4.69) is 46.9 Å².